The Morgan fingerprint density at radius 3 is 2.79 bits per heavy atom. The van der Waals surface area contributed by atoms with Gasteiger partial charge < -0.3 is 15.4 Å². The van der Waals surface area contributed by atoms with Crippen molar-refractivity contribution in [3.05, 3.63) is 46.9 Å². The van der Waals surface area contributed by atoms with Crippen molar-refractivity contribution in [1.82, 2.24) is 19.5 Å². The second-order valence-electron chi connectivity index (χ2n) is 8.37. The maximum atomic E-state index is 10.1. The third-order valence-electron chi connectivity index (χ3n) is 5.12. The molecule has 1 aromatic carbocycles. The molecule has 3 N–H and O–H groups in total. The predicted molar refractivity (Wildman–Crippen MR) is 135 cm³/mol. The average Bonchev–Trinajstić information content (AvgIpc) is 3.16. The molecule has 2 aromatic heterocycles. The van der Waals surface area contributed by atoms with E-state index in [2.05, 4.69) is 16.2 Å². The zero-order valence-corrected chi connectivity index (χ0v) is 20.4. The molecule has 0 aliphatic heterocycles. The van der Waals surface area contributed by atoms with Crippen LogP contribution in [0.25, 0.3) is 22.3 Å². The molecule has 0 aliphatic rings. The number of aliphatic hydroxyl groups is 1. The standard InChI is InChI=1S/C23H26ClN7OS/c1-23(2,32)6-8-31(22(26)33)28-12-16-10-20(21-13-27-14-30(21)3)29-19-11-18(24)15(5-4-7-25)9-17(16)19/h9-14,32H,4-6,8H2,1-3H3,(H2,26,33)/b28-12+. The monoisotopic (exact) mass is 483 g/mol. The molecule has 2 heterocycles. The number of aromatic nitrogens is 3. The van der Waals surface area contributed by atoms with Crippen LogP contribution in [0, 0.1) is 11.3 Å². The molecule has 3 rings (SSSR count). The van der Waals surface area contributed by atoms with Gasteiger partial charge in [-0.25, -0.2) is 15.0 Å². The van der Waals surface area contributed by atoms with E-state index in [1.54, 1.807) is 38.7 Å². The number of benzene rings is 1. The summed E-state index contributed by atoms with van der Waals surface area (Å²) in [6, 6.07) is 7.82. The first kappa shape index (κ1) is 24.6. The topological polar surface area (TPSA) is 116 Å². The number of rotatable bonds is 8. The predicted octanol–water partition coefficient (Wildman–Crippen LogP) is 3.79. The molecule has 33 heavy (non-hydrogen) atoms. The maximum Gasteiger partial charge on any atom is 0.186 e. The van der Waals surface area contributed by atoms with Crippen molar-refractivity contribution in [3.63, 3.8) is 0 Å². The van der Waals surface area contributed by atoms with Crippen LogP contribution in [0.3, 0.4) is 0 Å². The summed E-state index contributed by atoms with van der Waals surface area (Å²) in [5.41, 5.74) is 8.88. The number of aryl methyl sites for hydroxylation is 2. The Hall–Kier alpha value is -3.06. The van der Waals surface area contributed by atoms with E-state index in [-0.39, 0.29) is 5.11 Å². The Morgan fingerprint density at radius 1 is 1.42 bits per heavy atom. The van der Waals surface area contributed by atoms with Crippen LogP contribution in [0.5, 0.6) is 0 Å². The number of nitriles is 1. The first-order valence-electron chi connectivity index (χ1n) is 10.4. The third kappa shape index (κ3) is 6.26. The number of halogens is 1. The van der Waals surface area contributed by atoms with Gasteiger partial charge in [0.15, 0.2) is 5.11 Å². The Labute approximate surface area is 203 Å². The quantitative estimate of drug-likeness (QED) is 0.284. The summed E-state index contributed by atoms with van der Waals surface area (Å²) in [6.45, 7) is 3.81. The number of nitrogens with two attached hydrogens (primary N) is 1. The molecule has 3 aromatic rings. The second kappa shape index (κ2) is 10.3. The first-order valence-corrected chi connectivity index (χ1v) is 11.2. The number of imidazole rings is 1. The lowest BCUT2D eigenvalue weighted by atomic mass is 10.0. The van der Waals surface area contributed by atoms with Crippen molar-refractivity contribution in [3.8, 4) is 17.5 Å². The van der Waals surface area contributed by atoms with Crippen LogP contribution in [0.15, 0.2) is 35.8 Å². The summed E-state index contributed by atoms with van der Waals surface area (Å²) in [7, 11) is 1.89. The van der Waals surface area contributed by atoms with Gasteiger partial charge in [-0.2, -0.15) is 10.4 Å². The van der Waals surface area contributed by atoms with Gasteiger partial charge >= 0.3 is 0 Å². The van der Waals surface area contributed by atoms with E-state index in [0.717, 1.165) is 22.2 Å². The van der Waals surface area contributed by atoms with Gasteiger partial charge in [-0.1, -0.05) is 11.6 Å². The highest BCUT2D eigenvalue weighted by molar-refractivity contribution is 7.80. The first-order chi connectivity index (χ1) is 15.6. The van der Waals surface area contributed by atoms with E-state index >= 15 is 0 Å². The van der Waals surface area contributed by atoms with Crippen molar-refractivity contribution in [1.29, 1.82) is 5.26 Å². The summed E-state index contributed by atoms with van der Waals surface area (Å²) in [6.07, 6.45) is 6.46. The SMILES string of the molecule is Cn1cncc1-c1cc(/C=N/N(CCC(C)(C)O)C(N)=S)c2cc(CCC#N)c(Cl)cc2n1. The van der Waals surface area contributed by atoms with E-state index in [0.29, 0.717) is 42.0 Å². The van der Waals surface area contributed by atoms with Crippen molar-refractivity contribution in [2.24, 2.45) is 17.9 Å². The minimum absolute atomic E-state index is 0.110. The van der Waals surface area contributed by atoms with Crippen LogP contribution in [0.4, 0.5) is 0 Å². The van der Waals surface area contributed by atoms with Gasteiger partial charge in [0.1, 0.15) is 0 Å². The zero-order chi connectivity index (χ0) is 24.2. The highest BCUT2D eigenvalue weighted by Crippen LogP contribution is 2.29. The molecule has 0 radical (unpaired) electrons. The van der Waals surface area contributed by atoms with Crippen molar-refractivity contribution >= 4 is 46.0 Å². The van der Waals surface area contributed by atoms with Gasteiger partial charge in [0, 0.05) is 36.0 Å². The molecular weight excluding hydrogens is 458 g/mol. The molecule has 172 valence electrons. The van der Waals surface area contributed by atoms with Crippen molar-refractivity contribution in [2.45, 2.75) is 38.7 Å². The minimum atomic E-state index is -0.874. The lowest BCUT2D eigenvalue weighted by Crippen LogP contribution is -2.35. The lowest BCUT2D eigenvalue weighted by molar-refractivity contribution is 0.0649. The van der Waals surface area contributed by atoms with Gasteiger partial charge in [0.2, 0.25) is 0 Å². The number of fused-ring (bicyclic) bond motifs is 1. The van der Waals surface area contributed by atoms with Crippen molar-refractivity contribution < 1.29 is 5.11 Å². The fraction of sp³-hybridized carbons (Fsp3) is 0.348. The molecule has 0 aliphatic carbocycles. The molecule has 0 bridgehead atoms. The number of hydrogen-bond donors (Lipinski definition) is 2. The molecule has 0 atom stereocenters. The largest absolute Gasteiger partial charge is 0.390 e. The molecule has 8 nitrogen and oxygen atoms in total. The van der Waals surface area contributed by atoms with E-state index in [1.165, 1.54) is 5.01 Å². The smallest absolute Gasteiger partial charge is 0.186 e. The summed E-state index contributed by atoms with van der Waals surface area (Å²) < 4.78 is 1.88. The fourth-order valence-corrected chi connectivity index (χ4v) is 3.67. The summed E-state index contributed by atoms with van der Waals surface area (Å²) in [5.74, 6) is 0. The van der Waals surface area contributed by atoms with Crippen LogP contribution in [-0.2, 0) is 13.5 Å². The van der Waals surface area contributed by atoms with E-state index < -0.39 is 5.60 Å². The van der Waals surface area contributed by atoms with Crippen molar-refractivity contribution in [2.75, 3.05) is 6.54 Å². The van der Waals surface area contributed by atoms with E-state index in [4.69, 9.17) is 39.8 Å². The Balaban J connectivity index is 2.11. The second-order valence-corrected chi connectivity index (χ2v) is 9.20. The highest BCUT2D eigenvalue weighted by atomic mass is 35.5. The van der Waals surface area contributed by atoms with Crippen LogP contribution in [0.2, 0.25) is 5.02 Å². The molecule has 0 spiro atoms. The molecule has 10 heteroatoms. The van der Waals surface area contributed by atoms with Gasteiger partial charge in [-0.15, -0.1) is 0 Å². The number of pyridine rings is 1. The normalized spacial score (nSPS) is 11.8. The number of thiocarbonyl (C=S) groups is 1. The lowest BCUT2D eigenvalue weighted by Gasteiger charge is -2.22. The Bertz CT molecular complexity index is 1240. The van der Waals surface area contributed by atoms with Gasteiger partial charge in [-0.05, 0) is 62.7 Å². The molecular formula is C23H26ClN7OS. The fourth-order valence-electron chi connectivity index (χ4n) is 3.28. The van der Waals surface area contributed by atoms with Crippen LogP contribution >= 0.6 is 23.8 Å². The molecule has 0 unspecified atom stereocenters. The molecule has 0 fully saturated rings. The van der Waals surface area contributed by atoms with Gasteiger partial charge in [0.05, 0.1) is 47.3 Å². The zero-order valence-electron chi connectivity index (χ0n) is 18.8. The molecule has 0 saturated carbocycles. The summed E-state index contributed by atoms with van der Waals surface area (Å²) in [5, 5.41) is 26.5. The van der Waals surface area contributed by atoms with Crippen LogP contribution < -0.4 is 5.73 Å². The van der Waals surface area contributed by atoms with Gasteiger partial charge in [0.25, 0.3) is 0 Å². The summed E-state index contributed by atoms with van der Waals surface area (Å²) in [4.78, 5) is 8.97. The van der Waals surface area contributed by atoms with Crippen LogP contribution in [0.1, 0.15) is 37.8 Å². The Morgan fingerprint density at radius 2 is 2.18 bits per heavy atom. The average molecular weight is 484 g/mol. The molecule has 0 saturated heterocycles. The third-order valence-corrected chi connectivity index (χ3v) is 5.68. The molecule has 0 amide bonds. The van der Waals surface area contributed by atoms with E-state index in [1.807, 2.05) is 23.7 Å². The highest BCUT2D eigenvalue weighted by Gasteiger charge is 2.16. The Kier molecular flexibility index (Phi) is 7.64. The minimum Gasteiger partial charge on any atom is -0.390 e. The van der Waals surface area contributed by atoms with Crippen LogP contribution in [-0.4, -0.2) is 48.1 Å². The van der Waals surface area contributed by atoms with Gasteiger partial charge in [-0.3, -0.25) is 0 Å². The maximum absolute atomic E-state index is 10.1. The summed E-state index contributed by atoms with van der Waals surface area (Å²) >= 11 is 11.6. The number of hydrazone groups is 1. The number of nitrogens with zero attached hydrogens (tertiary/aromatic N) is 6. The van der Waals surface area contributed by atoms with E-state index in [9.17, 15) is 5.11 Å². The number of hydrogen-bond acceptors (Lipinski definition) is 6.